The smallest absolute Gasteiger partial charge is 0.0992 e. The van der Waals surface area contributed by atoms with Crippen molar-refractivity contribution in [3.63, 3.8) is 0 Å². The average molecular weight is 222 g/mol. The molecule has 3 heteroatoms. The second-order valence-electron chi connectivity index (χ2n) is 4.99. The molecule has 2 aliphatic carbocycles. The third-order valence-electron chi connectivity index (χ3n) is 3.97. The van der Waals surface area contributed by atoms with Crippen LogP contribution in [0.25, 0.3) is 0 Å². The molecule has 2 aliphatic rings. The fourth-order valence-corrected chi connectivity index (χ4v) is 2.95. The van der Waals surface area contributed by atoms with E-state index in [2.05, 4.69) is 0 Å². The van der Waals surface area contributed by atoms with E-state index in [9.17, 15) is 0 Å². The fourth-order valence-electron chi connectivity index (χ4n) is 2.95. The van der Waals surface area contributed by atoms with Gasteiger partial charge in [0.2, 0.25) is 0 Å². The Balaban J connectivity index is 2.18. The second-order valence-corrected chi connectivity index (χ2v) is 4.99. The molecule has 0 saturated heterocycles. The van der Waals surface area contributed by atoms with Crippen LogP contribution < -0.4 is 11.5 Å². The normalized spacial score (nSPS) is 36.1. The minimum Gasteiger partial charge on any atom is -0.399 e. The predicted molar refractivity (Wildman–Crippen MR) is 65.7 cm³/mol. The van der Waals surface area contributed by atoms with E-state index in [-0.39, 0.29) is 11.6 Å². The van der Waals surface area contributed by atoms with Crippen molar-refractivity contribution in [2.24, 2.45) is 17.4 Å². The number of hydrogen-bond donors (Lipinski definition) is 2. The van der Waals surface area contributed by atoms with Crippen LogP contribution >= 0.6 is 0 Å². The zero-order valence-corrected chi connectivity index (χ0v) is 9.99. The topological polar surface area (TPSA) is 61.3 Å². The lowest BCUT2D eigenvalue weighted by atomic mass is 9.70. The van der Waals surface area contributed by atoms with E-state index in [4.69, 9.17) is 16.2 Å². The Hall–Kier alpha value is -0.800. The van der Waals surface area contributed by atoms with Crippen LogP contribution in [0.15, 0.2) is 23.9 Å². The van der Waals surface area contributed by atoms with Crippen LogP contribution in [-0.4, -0.2) is 18.8 Å². The Morgan fingerprint density at radius 3 is 2.62 bits per heavy atom. The first kappa shape index (κ1) is 11.7. The predicted octanol–water partition coefficient (Wildman–Crippen LogP) is 1.69. The maximum Gasteiger partial charge on any atom is 0.0992 e. The Morgan fingerprint density at radius 2 is 2.00 bits per heavy atom. The molecule has 1 fully saturated rings. The zero-order chi connectivity index (χ0) is 11.6. The van der Waals surface area contributed by atoms with Crippen molar-refractivity contribution in [1.82, 2.24) is 0 Å². The summed E-state index contributed by atoms with van der Waals surface area (Å²) in [4.78, 5) is 0. The molecule has 0 aliphatic heterocycles. The maximum absolute atomic E-state index is 6.54. The molecule has 2 unspecified atom stereocenters. The van der Waals surface area contributed by atoms with Gasteiger partial charge < -0.3 is 16.2 Å². The van der Waals surface area contributed by atoms with Gasteiger partial charge in [0, 0.05) is 12.8 Å². The molecule has 0 aromatic heterocycles. The summed E-state index contributed by atoms with van der Waals surface area (Å²) in [7, 11) is 1.71. The van der Waals surface area contributed by atoms with Crippen molar-refractivity contribution in [3.05, 3.63) is 23.9 Å². The van der Waals surface area contributed by atoms with Gasteiger partial charge in [0.15, 0.2) is 0 Å². The number of methoxy groups -OCH3 is 1. The van der Waals surface area contributed by atoms with E-state index >= 15 is 0 Å². The number of ether oxygens (including phenoxy) is 1. The minimum absolute atomic E-state index is 0.0828. The van der Waals surface area contributed by atoms with Crippen molar-refractivity contribution < 1.29 is 4.74 Å². The highest BCUT2D eigenvalue weighted by atomic mass is 16.5. The number of hydrogen-bond acceptors (Lipinski definition) is 3. The third kappa shape index (κ3) is 2.02. The molecule has 2 rings (SSSR count). The molecule has 0 bridgehead atoms. The van der Waals surface area contributed by atoms with Crippen LogP contribution in [0.4, 0.5) is 0 Å². The standard InChI is InChI=1S/C13H22N2O/c1-16-12-9-11(14)7-8-13(12,15)10-5-3-2-4-6-10/h7-10,12H,2-6,14-15H2,1H3. The molecule has 0 aromatic rings. The van der Waals surface area contributed by atoms with Gasteiger partial charge in [-0.3, -0.25) is 0 Å². The Morgan fingerprint density at radius 1 is 1.31 bits per heavy atom. The first-order valence-electron chi connectivity index (χ1n) is 6.15. The number of rotatable bonds is 2. The molecule has 1 saturated carbocycles. The van der Waals surface area contributed by atoms with Gasteiger partial charge in [-0.1, -0.05) is 25.3 Å². The monoisotopic (exact) mass is 222 g/mol. The zero-order valence-electron chi connectivity index (χ0n) is 9.99. The highest BCUT2D eigenvalue weighted by molar-refractivity contribution is 5.32. The largest absolute Gasteiger partial charge is 0.399 e. The van der Waals surface area contributed by atoms with Crippen molar-refractivity contribution in [3.8, 4) is 0 Å². The Labute approximate surface area is 97.5 Å². The van der Waals surface area contributed by atoms with E-state index in [0.29, 0.717) is 5.92 Å². The summed E-state index contributed by atoms with van der Waals surface area (Å²) in [5.41, 5.74) is 12.7. The van der Waals surface area contributed by atoms with Crippen LogP contribution in [0.5, 0.6) is 0 Å². The van der Waals surface area contributed by atoms with Gasteiger partial charge in [0.25, 0.3) is 0 Å². The first-order valence-corrected chi connectivity index (χ1v) is 6.15. The summed E-state index contributed by atoms with van der Waals surface area (Å²) in [6.07, 6.45) is 12.1. The van der Waals surface area contributed by atoms with E-state index in [1.54, 1.807) is 7.11 Å². The summed E-state index contributed by atoms with van der Waals surface area (Å²) in [5, 5.41) is 0. The summed E-state index contributed by atoms with van der Waals surface area (Å²) in [6.45, 7) is 0. The lowest BCUT2D eigenvalue weighted by Gasteiger charge is -2.43. The van der Waals surface area contributed by atoms with Crippen LogP contribution in [0.1, 0.15) is 32.1 Å². The average Bonchev–Trinajstić information content (AvgIpc) is 2.33. The number of nitrogens with two attached hydrogens (primary N) is 2. The minimum atomic E-state index is -0.363. The Kier molecular flexibility index (Phi) is 3.36. The van der Waals surface area contributed by atoms with Gasteiger partial charge in [0.1, 0.15) is 0 Å². The molecule has 0 aromatic carbocycles. The van der Waals surface area contributed by atoms with E-state index in [0.717, 1.165) is 5.70 Å². The molecule has 16 heavy (non-hydrogen) atoms. The molecular weight excluding hydrogens is 200 g/mol. The third-order valence-corrected chi connectivity index (χ3v) is 3.97. The molecule has 2 atom stereocenters. The van der Waals surface area contributed by atoms with Crippen molar-refractivity contribution in [2.45, 2.75) is 43.7 Å². The molecule has 90 valence electrons. The Bertz CT molecular complexity index is 305. The summed E-state index contributed by atoms with van der Waals surface area (Å²) in [5.74, 6) is 0.520. The van der Waals surface area contributed by atoms with Crippen LogP contribution in [0, 0.1) is 5.92 Å². The van der Waals surface area contributed by atoms with Gasteiger partial charge in [-0.25, -0.2) is 0 Å². The highest BCUT2D eigenvalue weighted by Crippen LogP contribution is 2.37. The maximum atomic E-state index is 6.54. The molecular formula is C13H22N2O. The van der Waals surface area contributed by atoms with Crippen LogP contribution in [0.3, 0.4) is 0 Å². The first-order chi connectivity index (χ1) is 7.66. The fraction of sp³-hybridized carbons (Fsp3) is 0.692. The van der Waals surface area contributed by atoms with Gasteiger partial charge in [-0.15, -0.1) is 0 Å². The van der Waals surface area contributed by atoms with Crippen molar-refractivity contribution >= 4 is 0 Å². The van der Waals surface area contributed by atoms with E-state index in [1.165, 1.54) is 32.1 Å². The molecule has 4 N–H and O–H groups in total. The van der Waals surface area contributed by atoms with Crippen molar-refractivity contribution in [1.29, 1.82) is 0 Å². The number of allylic oxidation sites excluding steroid dienone is 1. The second kappa shape index (κ2) is 4.60. The van der Waals surface area contributed by atoms with Gasteiger partial charge in [-0.2, -0.15) is 0 Å². The van der Waals surface area contributed by atoms with Crippen LogP contribution in [0.2, 0.25) is 0 Å². The molecule has 0 radical (unpaired) electrons. The van der Waals surface area contributed by atoms with E-state index in [1.807, 2.05) is 18.2 Å². The lowest BCUT2D eigenvalue weighted by molar-refractivity contribution is 0.0507. The SMILES string of the molecule is COC1C=C(N)C=CC1(N)C1CCCCC1. The van der Waals surface area contributed by atoms with Gasteiger partial charge >= 0.3 is 0 Å². The molecule has 3 nitrogen and oxygen atoms in total. The molecule has 0 spiro atoms. The van der Waals surface area contributed by atoms with Gasteiger partial charge in [0.05, 0.1) is 11.6 Å². The van der Waals surface area contributed by atoms with E-state index < -0.39 is 0 Å². The summed E-state index contributed by atoms with van der Waals surface area (Å²) in [6, 6.07) is 0. The highest BCUT2D eigenvalue weighted by Gasteiger charge is 2.41. The lowest BCUT2D eigenvalue weighted by Crippen LogP contribution is -2.56. The molecule has 0 amide bonds. The molecule has 0 heterocycles. The van der Waals surface area contributed by atoms with Gasteiger partial charge in [-0.05, 0) is 30.9 Å². The van der Waals surface area contributed by atoms with Crippen LogP contribution in [-0.2, 0) is 4.74 Å². The quantitative estimate of drug-likeness (QED) is 0.747. The summed E-state index contributed by atoms with van der Waals surface area (Å²) >= 11 is 0. The van der Waals surface area contributed by atoms with Crippen molar-refractivity contribution in [2.75, 3.05) is 7.11 Å². The summed E-state index contributed by atoms with van der Waals surface area (Å²) < 4.78 is 5.50.